The molecule has 0 atom stereocenters. The lowest BCUT2D eigenvalue weighted by molar-refractivity contribution is 0.0683. The first kappa shape index (κ1) is 14.5. The maximum Gasteiger partial charge on any atom is 0.375 e. The van der Waals surface area contributed by atoms with E-state index in [0.29, 0.717) is 23.0 Å². The highest BCUT2D eigenvalue weighted by atomic mass is 35.5. The smallest absolute Gasteiger partial charge is 0.375 e. The fourth-order valence-electron chi connectivity index (χ4n) is 2.18. The minimum Gasteiger partial charge on any atom is -0.475 e. The molecule has 0 fully saturated rings. The molecule has 2 rings (SSSR count). The lowest BCUT2D eigenvalue weighted by Crippen LogP contribution is -2.06. The molecule has 0 aliphatic rings. The van der Waals surface area contributed by atoms with Gasteiger partial charge in [0.15, 0.2) is 0 Å². The molecule has 0 unspecified atom stereocenters. The van der Waals surface area contributed by atoms with Gasteiger partial charge < -0.3 is 5.11 Å². The van der Waals surface area contributed by atoms with Crippen molar-refractivity contribution >= 4 is 17.6 Å². The summed E-state index contributed by atoms with van der Waals surface area (Å²) in [5.41, 5.74) is 2.68. The van der Waals surface area contributed by atoms with Crippen LogP contribution in [0.2, 0.25) is 5.02 Å². The Bertz CT molecular complexity index is 641. The zero-order chi connectivity index (χ0) is 14.9. The molecule has 20 heavy (non-hydrogen) atoms. The molecule has 5 nitrogen and oxygen atoms in total. The summed E-state index contributed by atoms with van der Waals surface area (Å²) in [7, 11) is 0. The number of benzene rings is 1. The quantitative estimate of drug-likeness (QED) is 0.940. The average Bonchev–Trinajstić information content (AvgIpc) is 2.72. The summed E-state index contributed by atoms with van der Waals surface area (Å²) in [6.07, 6.45) is 1.49. The van der Waals surface area contributed by atoms with Crippen LogP contribution in [0.5, 0.6) is 0 Å². The number of hydrogen-bond donors (Lipinski definition) is 1. The van der Waals surface area contributed by atoms with Crippen molar-refractivity contribution in [2.24, 2.45) is 0 Å². The molecule has 1 heterocycles. The minimum absolute atomic E-state index is 0.204. The molecule has 1 aromatic carbocycles. The van der Waals surface area contributed by atoms with Crippen LogP contribution in [-0.4, -0.2) is 25.8 Å². The lowest BCUT2D eigenvalue weighted by atomic mass is 10.1. The Morgan fingerprint density at radius 3 is 2.65 bits per heavy atom. The van der Waals surface area contributed by atoms with Crippen LogP contribution in [0.25, 0.3) is 5.69 Å². The summed E-state index contributed by atoms with van der Waals surface area (Å²) < 4.78 is 1.55. The van der Waals surface area contributed by atoms with Gasteiger partial charge in [0.25, 0.3) is 5.82 Å². The summed E-state index contributed by atoms with van der Waals surface area (Å²) in [6.45, 7) is 5.88. The van der Waals surface area contributed by atoms with E-state index in [1.807, 2.05) is 32.9 Å². The molecule has 0 saturated heterocycles. The molecule has 0 aliphatic carbocycles. The van der Waals surface area contributed by atoms with Crippen LogP contribution in [0.15, 0.2) is 12.1 Å². The Morgan fingerprint density at radius 1 is 1.40 bits per heavy atom. The highest BCUT2D eigenvalue weighted by molar-refractivity contribution is 6.32. The molecule has 0 aliphatic heterocycles. The minimum atomic E-state index is -1.14. The van der Waals surface area contributed by atoms with Crippen LogP contribution in [0, 0.1) is 13.8 Å². The van der Waals surface area contributed by atoms with Gasteiger partial charge in [-0.05, 0) is 37.5 Å². The fraction of sp³-hybridized carbons (Fsp3) is 0.357. The van der Waals surface area contributed by atoms with Gasteiger partial charge in [0.2, 0.25) is 0 Å². The second-order valence-corrected chi connectivity index (χ2v) is 5.14. The van der Waals surface area contributed by atoms with E-state index in [-0.39, 0.29) is 5.82 Å². The van der Waals surface area contributed by atoms with Gasteiger partial charge in [0.1, 0.15) is 5.82 Å². The third-order valence-electron chi connectivity index (χ3n) is 2.95. The summed E-state index contributed by atoms with van der Waals surface area (Å²) in [5, 5.41) is 13.7. The standard InChI is InChI=1S/C14H16ClN3O2/c1-4-5-11-16-13(14(19)20)17-18(11)12-9(3)6-8(2)7-10(12)15/h6-7H,4-5H2,1-3H3,(H,19,20). The Kier molecular flexibility index (Phi) is 4.09. The number of aromatic nitrogens is 3. The summed E-state index contributed by atoms with van der Waals surface area (Å²) in [5.74, 6) is -0.731. The zero-order valence-electron chi connectivity index (χ0n) is 11.6. The van der Waals surface area contributed by atoms with E-state index in [1.54, 1.807) is 4.68 Å². The van der Waals surface area contributed by atoms with Crippen molar-refractivity contribution in [3.05, 3.63) is 39.9 Å². The number of aryl methyl sites for hydroxylation is 3. The summed E-state index contributed by atoms with van der Waals surface area (Å²) in [4.78, 5) is 15.1. The number of halogens is 1. The van der Waals surface area contributed by atoms with E-state index in [2.05, 4.69) is 10.1 Å². The van der Waals surface area contributed by atoms with Gasteiger partial charge in [-0.3, -0.25) is 0 Å². The van der Waals surface area contributed by atoms with Gasteiger partial charge >= 0.3 is 5.97 Å². The Morgan fingerprint density at radius 2 is 2.10 bits per heavy atom. The molecule has 1 aromatic heterocycles. The number of carboxylic acids is 1. The fourth-order valence-corrected chi connectivity index (χ4v) is 2.58. The number of rotatable bonds is 4. The van der Waals surface area contributed by atoms with E-state index in [4.69, 9.17) is 16.7 Å². The van der Waals surface area contributed by atoms with Crippen LogP contribution in [0.1, 0.15) is 40.9 Å². The number of nitrogens with zero attached hydrogens (tertiary/aromatic N) is 3. The number of carboxylic acid groups (broad SMARTS) is 1. The molecule has 0 saturated carbocycles. The predicted octanol–water partition coefficient (Wildman–Crippen LogP) is 3.19. The topological polar surface area (TPSA) is 68.0 Å². The molecule has 1 N–H and O–H groups in total. The SMILES string of the molecule is CCCc1nc(C(=O)O)nn1-c1c(C)cc(C)cc1Cl. The van der Waals surface area contributed by atoms with Gasteiger partial charge in [-0.1, -0.05) is 24.6 Å². The second kappa shape index (κ2) is 5.63. The molecule has 6 heteroatoms. The third kappa shape index (κ3) is 2.67. The first-order valence-electron chi connectivity index (χ1n) is 6.40. The van der Waals surface area contributed by atoms with Crippen molar-refractivity contribution in [2.75, 3.05) is 0 Å². The third-order valence-corrected chi connectivity index (χ3v) is 3.24. The first-order valence-corrected chi connectivity index (χ1v) is 6.78. The molecule has 0 radical (unpaired) electrons. The van der Waals surface area contributed by atoms with Crippen LogP contribution < -0.4 is 0 Å². The van der Waals surface area contributed by atoms with Crippen molar-refractivity contribution in [1.29, 1.82) is 0 Å². The predicted molar refractivity (Wildman–Crippen MR) is 76.8 cm³/mol. The molecule has 2 aromatic rings. The van der Waals surface area contributed by atoms with Crippen LogP contribution >= 0.6 is 11.6 Å². The highest BCUT2D eigenvalue weighted by Gasteiger charge is 2.19. The van der Waals surface area contributed by atoms with Crippen molar-refractivity contribution in [3.8, 4) is 5.69 Å². The van der Waals surface area contributed by atoms with Crippen molar-refractivity contribution in [3.63, 3.8) is 0 Å². The molecule has 0 spiro atoms. The van der Waals surface area contributed by atoms with Crippen LogP contribution in [0.4, 0.5) is 0 Å². The van der Waals surface area contributed by atoms with Crippen molar-refractivity contribution in [2.45, 2.75) is 33.6 Å². The van der Waals surface area contributed by atoms with Gasteiger partial charge in [-0.2, -0.15) is 0 Å². The molecular weight excluding hydrogens is 278 g/mol. The normalized spacial score (nSPS) is 10.8. The van der Waals surface area contributed by atoms with Gasteiger partial charge in [0, 0.05) is 6.42 Å². The lowest BCUT2D eigenvalue weighted by Gasteiger charge is -2.11. The van der Waals surface area contributed by atoms with E-state index in [1.165, 1.54) is 0 Å². The first-order chi connectivity index (χ1) is 9.43. The Balaban J connectivity index is 2.65. The van der Waals surface area contributed by atoms with Gasteiger partial charge in [-0.25, -0.2) is 14.5 Å². The van der Waals surface area contributed by atoms with E-state index in [0.717, 1.165) is 17.5 Å². The molecule has 106 valence electrons. The number of carbonyl (C=O) groups is 1. The van der Waals surface area contributed by atoms with Crippen LogP contribution in [0.3, 0.4) is 0 Å². The largest absolute Gasteiger partial charge is 0.475 e. The van der Waals surface area contributed by atoms with E-state index in [9.17, 15) is 4.79 Å². The highest BCUT2D eigenvalue weighted by Crippen LogP contribution is 2.26. The monoisotopic (exact) mass is 293 g/mol. The zero-order valence-corrected chi connectivity index (χ0v) is 12.4. The van der Waals surface area contributed by atoms with Crippen molar-refractivity contribution < 1.29 is 9.90 Å². The Labute approximate surface area is 122 Å². The van der Waals surface area contributed by atoms with E-state index < -0.39 is 5.97 Å². The molecule has 0 bridgehead atoms. The maximum absolute atomic E-state index is 11.1. The molecule has 0 amide bonds. The number of aromatic carboxylic acids is 1. The average molecular weight is 294 g/mol. The van der Waals surface area contributed by atoms with Crippen LogP contribution in [-0.2, 0) is 6.42 Å². The van der Waals surface area contributed by atoms with Gasteiger partial charge in [0.05, 0.1) is 10.7 Å². The molecular formula is C14H16ClN3O2. The second-order valence-electron chi connectivity index (χ2n) is 4.73. The van der Waals surface area contributed by atoms with Gasteiger partial charge in [-0.15, -0.1) is 5.10 Å². The Hall–Kier alpha value is -1.88. The summed E-state index contributed by atoms with van der Waals surface area (Å²) in [6, 6.07) is 3.82. The maximum atomic E-state index is 11.1. The van der Waals surface area contributed by atoms with Crippen molar-refractivity contribution in [1.82, 2.24) is 14.8 Å². The number of hydrogen-bond acceptors (Lipinski definition) is 3. The van der Waals surface area contributed by atoms with E-state index >= 15 is 0 Å². The summed E-state index contributed by atoms with van der Waals surface area (Å²) >= 11 is 6.29.